The molecule has 0 aliphatic heterocycles. The lowest BCUT2D eigenvalue weighted by Gasteiger charge is -2.30. The van der Waals surface area contributed by atoms with E-state index in [0.29, 0.717) is 0 Å². The first-order valence-electron chi connectivity index (χ1n) is 4.82. The molecule has 0 nitrogen and oxygen atoms in total. The van der Waals surface area contributed by atoms with Gasteiger partial charge in [-0.3, -0.25) is 0 Å². The second-order valence-electron chi connectivity index (χ2n) is 4.19. The molecule has 68 valence electrons. The Bertz CT molecular complexity index is 225. The van der Waals surface area contributed by atoms with E-state index in [1.54, 1.807) is 11.1 Å². The van der Waals surface area contributed by atoms with Gasteiger partial charge in [-0.05, 0) is 50.7 Å². The zero-order valence-corrected chi connectivity index (χ0v) is 9.15. The van der Waals surface area contributed by atoms with Gasteiger partial charge in [0.05, 0.1) is 0 Å². The van der Waals surface area contributed by atoms with Crippen molar-refractivity contribution in [3.05, 3.63) is 22.3 Å². The van der Waals surface area contributed by atoms with Gasteiger partial charge < -0.3 is 0 Å². The summed E-state index contributed by atoms with van der Waals surface area (Å²) in [5.41, 5.74) is 6.17. The number of allylic oxidation sites excluding steroid dienone is 4. The van der Waals surface area contributed by atoms with E-state index < -0.39 is 0 Å². The maximum absolute atomic E-state index is 2.33. The molecule has 0 N–H and O–H groups in total. The van der Waals surface area contributed by atoms with Crippen molar-refractivity contribution in [3.63, 3.8) is 0 Å². The molecule has 0 amide bonds. The number of hydrogen-bond acceptors (Lipinski definition) is 0. The zero-order chi connectivity index (χ0) is 9.46. The molecule has 1 rings (SSSR count). The fourth-order valence-electron chi connectivity index (χ4n) is 2.02. The van der Waals surface area contributed by atoms with Crippen molar-refractivity contribution in [2.75, 3.05) is 0 Å². The third-order valence-corrected chi connectivity index (χ3v) is 3.86. The summed E-state index contributed by atoms with van der Waals surface area (Å²) in [7, 11) is 0. The molecule has 0 fully saturated rings. The van der Waals surface area contributed by atoms with E-state index in [1.165, 1.54) is 11.1 Å². The highest BCUT2D eigenvalue weighted by atomic mass is 14.3. The predicted molar refractivity (Wildman–Crippen MR) is 55.1 cm³/mol. The van der Waals surface area contributed by atoms with Crippen LogP contribution in [0.15, 0.2) is 22.3 Å². The highest BCUT2D eigenvalue weighted by Crippen LogP contribution is 2.37. The molecule has 1 aliphatic carbocycles. The van der Waals surface area contributed by atoms with Crippen molar-refractivity contribution in [1.29, 1.82) is 0 Å². The Hall–Kier alpha value is -0.520. The van der Waals surface area contributed by atoms with Crippen LogP contribution in [-0.2, 0) is 0 Å². The van der Waals surface area contributed by atoms with Gasteiger partial charge in [-0.2, -0.15) is 0 Å². The Morgan fingerprint density at radius 3 is 1.17 bits per heavy atom. The average Bonchev–Trinajstić information content (AvgIpc) is 2.08. The fraction of sp³-hybridized carbons (Fsp3) is 0.667. The average molecular weight is 164 g/mol. The summed E-state index contributed by atoms with van der Waals surface area (Å²) in [4.78, 5) is 0. The van der Waals surface area contributed by atoms with E-state index in [4.69, 9.17) is 0 Å². The second kappa shape index (κ2) is 3.08. The van der Waals surface area contributed by atoms with Gasteiger partial charge in [-0.15, -0.1) is 0 Å². The maximum atomic E-state index is 2.33. The Balaban J connectivity index is 3.18. The lowest BCUT2D eigenvalue weighted by molar-refractivity contribution is 0.486. The minimum Gasteiger partial charge on any atom is -0.0667 e. The first-order valence-corrected chi connectivity index (χ1v) is 4.82. The van der Waals surface area contributed by atoms with E-state index in [0.717, 1.165) is 11.8 Å². The lowest BCUT2D eigenvalue weighted by atomic mass is 9.75. The summed E-state index contributed by atoms with van der Waals surface area (Å²) in [6, 6.07) is 0. The summed E-state index contributed by atoms with van der Waals surface area (Å²) in [5, 5.41) is 0. The first-order chi connectivity index (χ1) is 5.46. The van der Waals surface area contributed by atoms with Gasteiger partial charge in [0.2, 0.25) is 0 Å². The second-order valence-corrected chi connectivity index (χ2v) is 4.19. The zero-order valence-electron chi connectivity index (χ0n) is 9.15. The van der Waals surface area contributed by atoms with Gasteiger partial charge in [0, 0.05) is 0 Å². The van der Waals surface area contributed by atoms with Crippen molar-refractivity contribution < 1.29 is 0 Å². The molecular formula is C12H20. The Morgan fingerprint density at radius 2 is 0.917 bits per heavy atom. The van der Waals surface area contributed by atoms with Gasteiger partial charge in [0.25, 0.3) is 0 Å². The molecule has 0 heterocycles. The smallest absolute Gasteiger partial charge is 0.0165 e. The molecule has 1 aliphatic rings. The summed E-state index contributed by atoms with van der Waals surface area (Å²) in [6.45, 7) is 13.7. The highest BCUT2D eigenvalue weighted by Gasteiger charge is 2.23. The van der Waals surface area contributed by atoms with Gasteiger partial charge in [-0.25, -0.2) is 0 Å². The third kappa shape index (κ3) is 1.24. The van der Waals surface area contributed by atoms with Crippen molar-refractivity contribution in [2.45, 2.75) is 41.5 Å². The molecule has 0 radical (unpaired) electrons. The SMILES string of the molecule is CC1=C(C)[C@@H](C)[C@@H](C)C(C)=C1C. The summed E-state index contributed by atoms with van der Waals surface area (Å²) < 4.78 is 0. The fourth-order valence-corrected chi connectivity index (χ4v) is 2.02. The van der Waals surface area contributed by atoms with Crippen LogP contribution >= 0.6 is 0 Å². The van der Waals surface area contributed by atoms with E-state index in [-0.39, 0.29) is 0 Å². The van der Waals surface area contributed by atoms with Crippen molar-refractivity contribution in [3.8, 4) is 0 Å². The van der Waals surface area contributed by atoms with E-state index in [1.807, 2.05) is 0 Å². The molecule has 0 spiro atoms. The van der Waals surface area contributed by atoms with Crippen LogP contribution in [-0.4, -0.2) is 0 Å². The van der Waals surface area contributed by atoms with E-state index in [9.17, 15) is 0 Å². The topological polar surface area (TPSA) is 0 Å². The number of hydrogen-bond donors (Lipinski definition) is 0. The molecule has 12 heavy (non-hydrogen) atoms. The normalized spacial score (nSPS) is 31.5. The highest BCUT2D eigenvalue weighted by molar-refractivity contribution is 5.40. The molecule has 0 saturated heterocycles. The van der Waals surface area contributed by atoms with Gasteiger partial charge in [0.15, 0.2) is 0 Å². The van der Waals surface area contributed by atoms with Crippen LogP contribution in [0.25, 0.3) is 0 Å². The molecule has 0 aromatic rings. The molecule has 0 aromatic heterocycles. The van der Waals surface area contributed by atoms with E-state index in [2.05, 4.69) is 41.5 Å². The molecule has 0 bridgehead atoms. The number of rotatable bonds is 0. The minimum absolute atomic E-state index is 0.730. The van der Waals surface area contributed by atoms with Crippen molar-refractivity contribution in [2.24, 2.45) is 11.8 Å². The van der Waals surface area contributed by atoms with Crippen molar-refractivity contribution in [1.82, 2.24) is 0 Å². The van der Waals surface area contributed by atoms with Gasteiger partial charge >= 0.3 is 0 Å². The monoisotopic (exact) mass is 164 g/mol. The predicted octanol–water partition coefficient (Wildman–Crippen LogP) is 3.95. The van der Waals surface area contributed by atoms with Crippen LogP contribution in [0, 0.1) is 11.8 Å². The quantitative estimate of drug-likeness (QED) is 0.508. The van der Waals surface area contributed by atoms with Gasteiger partial charge in [-0.1, -0.05) is 25.0 Å². The molecule has 0 unspecified atom stereocenters. The molecule has 0 heteroatoms. The molecule has 0 aromatic carbocycles. The molecule has 2 atom stereocenters. The van der Waals surface area contributed by atoms with Crippen LogP contribution in [0.5, 0.6) is 0 Å². The van der Waals surface area contributed by atoms with Crippen LogP contribution in [0.1, 0.15) is 41.5 Å². The third-order valence-electron chi connectivity index (χ3n) is 3.86. The lowest BCUT2D eigenvalue weighted by Crippen LogP contribution is -2.17. The van der Waals surface area contributed by atoms with Crippen LogP contribution in [0.4, 0.5) is 0 Å². The van der Waals surface area contributed by atoms with Gasteiger partial charge in [0.1, 0.15) is 0 Å². The first kappa shape index (κ1) is 9.57. The Kier molecular flexibility index (Phi) is 2.46. The minimum atomic E-state index is 0.730. The standard InChI is InChI=1S/C12H20/c1-7-8(2)10(4)12(6)11(5)9(7)3/h7-8H,1-6H3/t7-,8+. The van der Waals surface area contributed by atoms with Crippen LogP contribution in [0.2, 0.25) is 0 Å². The maximum Gasteiger partial charge on any atom is -0.0165 e. The summed E-state index contributed by atoms with van der Waals surface area (Å²) in [5.74, 6) is 1.46. The Labute approximate surface area is 76.4 Å². The molecule has 0 saturated carbocycles. The Morgan fingerprint density at radius 1 is 0.667 bits per heavy atom. The largest absolute Gasteiger partial charge is 0.0667 e. The summed E-state index contributed by atoms with van der Waals surface area (Å²) >= 11 is 0. The molecular weight excluding hydrogens is 144 g/mol. The van der Waals surface area contributed by atoms with Crippen molar-refractivity contribution >= 4 is 0 Å². The summed E-state index contributed by atoms with van der Waals surface area (Å²) in [6.07, 6.45) is 0. The van der Waals surface area contributed by atoms with Crippen LogP contribution < -0.4 is 0 Å². The van der Waals surface area contributed by atoms with Crippen LogP contribution in [0.3, 0.4) is 0 Å². The van der Waals surface area contributed by atoms with E-state index >= 15 is 0 Å².